The zero-order valence-corrected chi connectivity index (χ0v) is 8.30. The van der Waals surface area contributed by atoms with Crippen molar-refractivity contribution in [2.24, 2.45) is 0 Å². The van der Waals surface area contributed by atoms with Crippen molar-refractivity contribution >= 4 is 5.95 Å². The van der Waals surface area contributed by atoms with Crippen molar-refractivity contribution < 1.29 is 4.57 Å². The lowest BCUT2D eigenvalue weighted by atomic mass is 10.1. The van der Waals surface area contributed by atoms with Crippen LogP contribution in [0.3, 0.4) is 0 Å². The predicted molar refractivity (Wildman–Crippen MR) is 57.5 cm³/mol. The van der Waals surface area contributed by atoms with E-state index in [1.54, 1.807) is 0 Å². The zero-order valence-electron chi connectivity index (χ0n) is 8.30. The van der Waals surface area contributed by atoms with Crippen LogP contribution in [0.2, 0.25) is 0 Å². The van der Waals surface area contributed by atoms with Gasteiger partial charge in [0.05, 0.1) is 6.20 Å². The van der Waals surface area contributed by atoms with Gasteiger partial charge in [-0.05, 0) is 5.56 Å². The third-order valence-corrected chi connectivity index (χ3v) is 2.75. The Morgan fingerprint density at radius 1 is 1.20 bits per heavy atom. The molecule has 0 amide bonds. The van der Waals surface area contributed by atoms with Crippen LogP contribution in [-0.4, -0.2) is 11.5 Å². The van der Waals surface area contributed by atoms with E-state index in [2.05, 4.69) is 45.3 Å². The second-order valence-corrected chi connectivity index (χ2v) is 3.66. The Hall–Kier alpha value is -1.90. The number of benzene rings is 1. The first-order valence-corrected chi connectivity index (χ1v) is 5.10. The maximum Gasteiger partial charge on any atom is 0.392 e. The standard InChI is InChI=1S/C12H11N3/c1-2-5-10(6-3-1)11-9-14-12-13-7-4-8-15(11)12/h1-8,11H,9H2/p+1. The fraction of sp³-hybridized carbons (Fsp3) is 0.167. The Labute approximate surface area is 88.4 Å². The lowest BCUT2D eigenvalue weighted by Gasteiger charge is -2.07. The second-order valence-electron chi connectivity index (χ2n) is 3.66. The van der Waals surface area contributed by atoms with Gasteiger partial charge in [-0.3, -0.25) is 5.32 Å². The number of aromatic nitrogens is 2. The van der Waals surface area contributed by atoms with Crippen molar-refractivity contribution in [1.29, 1.82) is 0 Å². The van der Waals surface area contributed by atoms with E-state index >= 15 is 0 Å². The van der Waals surface area contributed by atoms with Gasteiger partial charge in [0.2, 0.25) is 0 Å². The fourth-order valence-electron chi connectivity index (χ4n) is 2.01. The third-order valence-electron chi connectivity index (χ3n) is 2.75. The summed E-state index contributed by atoms with van der Waals surface area (Å²) in [6, 6.07) is 12.8. The maximum atomic E-state index is 4.29. The minimum atomic E-state index is 0.370. The van der Waals surface area contributed by atoms with Crippen LogP contribution in [-0.2, 0) is 0 Å². The first-order valence-electron chi connectivity index (χ1n) is 5.10. The number of nitrogens with zero attached hydrogens (tertiary/aromatic N) is 2. The first kappa shape index (κ1) is 8.41. The molecule has 1 atom stereocenters. The summed E-state index contributed by atoms with van der Waals surface area (Å²) < 4.78 is 2.18. The molecule has 0 saturated carbocycles. The monoisotopic (exact) mass is 198 g/mol. The van der Waals surface area contributed by atoms with Crippen molar-refractivity contribution in [3.63, 3.8) is 0 Å². The molecule has 0 bridgehead atoms. The molecule has 1 aliphatic heterocycles. The van der Waals surface area contributed by atoms with E-state index in [0.717, 1.165) is 12.5 Å². The average Bonchev–Trinajstić information content (AvgIpc) is 2.74. The summed E-state index contributed by atoms with van der Waals surface area (Å²) >= 11 is 0. The molecule has 0 fully saturated rings. The second kappa shape index (κ2) is 3.35. The van der Waals surface area contributed by atoms with Crippen LogP contribution in [0.4, 0.5) is 5.95 Å². The molecule has 1 aromatic heterocycles. The molecule has 0 aliphatic carbocycles. The minimum absolute atomic E-state index is 0.370. The SMILES string of the molecule is c1ccc(C2CNc3nccc[n+]32)cc1. The average molecular weight is 198 g/mol. The molecule has 1 aliphatic rings. The van der Waals surface area contributed by atoms with Gasteiger partial charge in [-0.15, -0.1) is 0 Å². The van der Waals surface area contributed by atoms with E-state index in [-0.39, 0.29) is 0 Å². The van der Waals surface area contributed by atoms with Crippen molar-refractivity contribution in [2.45, 2.75) is 6.04 Å². The Morgan fingerprint density at radius 2 is 2.07 bits per heavy atom. The summed E-state index contributed by atoms with van der Waals surface area (Å²) in [6.45, 7) is 0.918. The van der Waals surface area contributed by atoms with Crippen molar-refractivity contribution in [3.8, 4) is 0 Å². The van der Waals surface area contributed by atoms with Crippen LogP contribution in [0.1, 0.15) is 11.6 Å². The van der Waals surface area contributed by atoms with Crippen molar-refractivity contribution in [1.82, 2.24) is 4.98 Å². The lowest BCUT2D eigenvalue weighted by Crippen LogP contribution is -2.37. The number of hydrogen-bond acceptors (Lipinski definition) is 2. The minimum Gasteiger partial charge on any atom is -0.271 e. The Balaban J connectivity index is 2.05. The highest BCUT2D eigenvalue weighted by Gasteiger charge is 2.29. The van der Waals surface area contributed by atoms with Gasteiger partial charge in [0.1, 0.15) is 18.8 Å². The van der Waals surface area contributed by atoms with Crippen molar-refractivity contribution in [3.05, 3.63) is 54.4 Å². The molecule has 2 heterocycles. The molecule has 1 unspecified atom stereocenters. The summed E-state index contributed by atoms with van der Waals surface area (Å²) in [5.41, 5.74) is 1.32. The van der Waals surface area contributed by atoms with Crippen molar-refractivity contribution in [2.75, 3.05) is 11.9 Å². The fourth-order valence-corrected chi connectivity index (χ4v) is 2.01. The Bertz CT molecular complexity index is 467. The molecular weight excluding hydrogens is 186 g/mol. The molecule has 1 N–H and O–H groups in total. The van der Waals surface area contributed by atoms with Gasteiger partial charge in [0.15, 0.2) is 0 Å². The molecule has 2 aromatic rings. The van der Waals surface area contributed by atoms with Gasteiger partial charge >= 0.3 is 5.95 Å². The molecule has 0 radical (unpaired) electrons. The number of anilines is 1. The molecule has 0 spiro atoms. The van der Waals surface area contributed by atoms with Crippen LogP contribution in [0.25, 0.3) is 0 Å². The number of nitrogens with one attached hydrogen (secondary N) is 1. The molecule has 3 nitrogen and oxygen atoms in total. The summed E-state index contributed by atoms with van der Waals surface area (Å²) in [6.07, 6.45) is 3.88. The number of rotatable bonds is 1. The van der Waals surface area contributed by atoms with Crippen LogP contribution in [0, 0.1) is 0 Å². The van der Waals surface area contributed by atoms with Gasteiger partial charge in [-0.1, -0.05) is 35.3 Å². The molecule has 3 rings (SSSR count). The third kappa shape index (κ3) is 1.36. The van der Waals surface area contributed by atoms with Crippen LogP contribution in [0.5, 0.6) is 0 Å². The molecule has 15 heavy (non-hydrogen) atoms. The van der Waals surface area contributed by atoms with Gasteiger partial charge in [-0.25, -0.2) is 4.57 Å². The van der Waals surface area contributed by atoms with Gasteiger partial charge in [-0.2, -0.15) is 0 Å². The van der Waals surface area contributed by atoms with Gasteiger partial charge in [0.25, 0.3) is 0 Å². The Morgan fingerprint density at radius 3 is 2.93 bits per heavy atom. The highest BCUT2D eigenvalue weighted by Crippen LogP contribution is 2.18. The van der Waals surface area contributed by atoms with E-state index in [4.69, 9.17) is 0 Å². The van der Waals surface area contributed by atoms with E-state index in [1.165, 1.54) is 5.56 Å². The quantitative estimate of drug-likeness (QED) is 0.701. The predicted octanol–water partition coefficient (Wildman–Crippen LogP) is 1.38. The summed E-state index contributed by atoms with van der Waals surface area (Å²) in [7, 11) is 0. The van der Waals surface area contributed by atoms with E-state index in [9.17, 15) is 0 Å². The molecule has 1 aromatic carbocycles. The molecule has 0 saturated heterocycles. The van der Waals surface area contributed by atoms with Crippen LogP contribution < -0.4 is 9.88 Å². The summed E-state index contributed by atoms with van der Waals surface area (Å²) in [4.78, 5) is 4.29. The highest BCUT2D eigenvalue weighted by molar-refractivity contribution is 5.26. The summed E-state index contributed by atoms with van der Waals surface area (Å²) in [5, 5.41) is 3.30. The lowest BCUT2D eigenvalue weighted by molar-refractivity contribution is -0.689. The van der Waals surface area contributed by atoms with E-state index < -0.39 is 0 Å². The Kier molecular flexibility index (Phi) is 1.88. The van der Waals surface area contributed by atoms with E-state index in [1.807, 2.05) is 18.3 Å². The first-order chi connectivity index (χ1) is 7.45. The van der Waals surface area contributed by atoms with Crippen LogP contribution in [0.15, 0.2) is 48.8 Å². The van der Waals surface area contributed by atoms with Gasteiger partial charge in [0, 0.05) is 6.07 Å². The smallest absolute Gasteiger partial charge is 0.271 e. The van der Waals surface area contributed by atoms with Gasteiger partial charge < -0.3 is 0 Å². The molecule has 74 valence electrons. The largest absolute Gasteiger partial charge is 0.392 e. The molecule has 3 heteroatoms. The topological polar surface area (TPSA) is 28.8 Å². The maximum absolute atomic E-state index is 4.29. The number of hydrogen-bond donors (Lipinski definition) is 1. The highest BCUT2D eigenvalue weighted by atomic mass is 15.3. The number of fused-ring (bicyclic) bond motifs is 1. The zero-order chi connectivity index (χ0) is 10.1. The normalized spacial score (nSPS) is 18.3. The molecular formula is C12H12N3+. The summed E-state index contributed by atoms with van der Waals surface area (Å²) in [5.74, 6) is 0.950. The van der Waals surface area contributed by atoms with Crippen LogP contribution >= 0.6 is 0 Å². The van der Waals surface area contributed by atoms with E-state index in [0.29, 0.717) is 6.04 Å².